The van der Waals surface area contributed by atoms with Crippen molar-refractivity contribution >= 4 is 17.7 Å². The molecule has 0 unspecified atom stereocenters. The minimum atomic E-state index is -0.285. The van der Waals surface area contributed by atoms with Crippen LogP contribution in [-0.4, -0.2) is 26.7 Å². The van der Waals surface area contributed by atoms with Gasteiger partial charge in [-0.25, -0.2) is 0 Å². The Balaban J connectivity index is 1.60. The first-order chi connectivity index (χ1) is 15.6. The van der Waals surface area contributed by atoms with Crippen molar-refractivity contribution in [2.75, 3.05) is 26.1 Å². The summed E-state index contributed by atoms with van der Waals surface area (Å²) in [6, 6.07) is 21.5. The highest BCUT2D eigenvalue weighted by Gasteiger charge is 2.06. The Kier molecular flexibility index (Phi) is 7.71. The molecule has 0 atom stereocenters. The van der Waals surface area contributed by atoms with Crippen LogP contribution in [0, 0.1) is 11.3 Å². The predicted molar refractivity (Wildman–Crippen MR) is 121 cm³/mol. The second-order valence-corrected chi connectivity index (χ2v) is 6.46. The SMILES string of the molecule is COc1cc(/C=C/C(=O)Nc2ccc(Oc3ccccc3OC)cc2)ccc1OCC#N. The molecule has 0 saturated carbocycles. The number of rotatable bonds is 9. The average molecular weight is 430 g/mol. The van der Waals surface area contributed by atoms with E-state index in [1.807, 2.05) is 30.3 Å². The van der Waals surface area contributed by atoms with Crippen molar-refractivity contribution in [2.24, 2.45) is 0 Å². The molecule has 0 aliphatic rings. The number of nitriles is 1. The molecule has 0 saturated heterocycles. The average Bonchev–Trinajstić information content (AvgIpc) is 2.83. The van der Waals surface area contributed by atoms with Crippen molar-refractivity contribution in [2.45, 2.75) is 0 Å². The summed E-state index contributed by atoms with van der Waals surface area (Å²) in [4.78, 5) is 12.3. The second kappa shape index (κ2) is 11.1. The lowest BCUT2D eigenvalue weighted by Gasteiger charge is -2.10. The first kappa shape index (κ1) is 22.2. The van der Waals surface area contributed by atoms with E-state index in [1.165, 1.54) is 13.2 Å². The lowest BCUT2D eigenvalue weighted by Crippen LogP contribution is -2.07. The number of amides is 1. The first-order valence-electron chi connectivity index (χ1n) is 9.70. The van der Waals surface area contributed by atoms with E-state index in [1.54, 1.807) is 55.7 Å². The number of carbonyl (C=O) groups excluding carboxylic acids is 1. The standard InChI is InChI=1S/C25H22N2O5/c1-29-21-5-3-4-6-23(21)32-20-11-9-19(10-12-20)27-25(28)14-8-18-7-13-22(31-16-15-26)24(17-18)30-2/h3-14,17H,16H2,1-2H3,(H,27,28)/b14-8+. The number of nitrogens with zero attached hydrogens (tertiary/aromatic N) is 1. The molecule has 0 aromatic heterocycles. The zero-order valence-electron chi connectivity index (χ0n) is 17.7. The molecule has 32 heavy (non-hydrogen) atoms. The fourth-order valence-corrected chi connectivity index (χ4v) is 2.81. The highest BCUT2D eigenvalue weighted by Crippen LogP contribution is 2.31. The number of hydrogen-bond donors (Lipinski definition) is 1. The smallest absolute Gasteiger partial charge is 0.248 e. The molecular weight excluding hydrogens is 408 g/mol. The molecule has 7 heteroatoms. The van der Waals surface area contributed by atoms with E-state index >= 15 is 0 Å². The largest absolute Gasteiger partial charge is 0.493 e. The fourth-order valence-electron chi connectivity index (χ4n) is 2.81. The molecule has 7 nitrogen and oxygen atoms in total. The molecule has 0 bridgehead atoms. The maximum Gasteiger partial charge on any atom is 0.248 e. The van der Waals surface area contributed by atoms with Crippen LogP contribution in [0.5, 0.6) is 28.7 Å². The van der Waals surface area contributed by atoms with Crippen molar-refractivity contribution < 1.29 is 23.7 Å². The highest BCUT2D eigenvalue weighted by molar-refractivity contribution is 6.02. The molecule has 162 valence electrons. The van der Waals surface area contributed by atoms with Crippen molar-refractivity contribution in [1.29, 1.82) is 5.26 Å². The van der Waals surface area contributed by atoms with Gasteiger partial charge in [-0.2, -0.15) is 5.26 Å². The van der Waals surface area contributed by atoms with E-state index < -0.39 is 0 Å². The van der Waals surface area contributed by atoms with E-state index in [9.17, 15) is 4.79 Å². The van der Waals surface area contributed by atoms with Crippen LogP contribution in [-0.2, 0) is 4.79 Å². The first-order valence-corrected chi connectivity index (χ1v) is 9.70. The summed E-state index contributed by atoms with van der Waals surface area (Å²) in [5.41, 5.74) is 1.38. The Hall–Kier alpha value is -4.44. The Morgan fingerprint density at radius 2 is 1.66 bits per heavy atom. The molecule has 0 aliphatic heterocycles. The van der Waals surface area contributed by atoms with Gasteiger partial charge in [-0.1, -0.05) is 18.2 Å². The number of hydrogen-bond acceptors (Lipinski definition) is 6. The number of methoxy groups -OCH3 is 2. The van der Waals surface area contributed by atoms with Crippen LogP contribution in [0.15, 0.2) is 72.8 Å². The van der Waals surface area contributed by atoms with Crippen molar-refractivity contribution in [3.63, 3.8) is 0 Å². The van der Waals surface area contributed by atoms with Gasteiger partial charge < -0.3 is 24.3 Å². The summed E-state index contributed by atoms with van der Waals surface area (Å²) in [7, 11) is 3.09. The molecule has 0 radical (unpaired) electrons. The maximum atomic E-state index is 12.3. The third kappa shape index (κ3) is 6.03. The molecule has 0 aliphatic carbocycles. The molecule has 1 N–H and O–H groups in total. The number of ether oxygens (including phenoxy) is 4. The van der Waals surface area contributed by atoms with Gasteiger partial charge in [0.05, 0.1) is 14.2 Å². The Bertz CT molecular complexity index is 1130. The van der Waals surface area contributed by atoms with E-state index in [2.05, 4.69) is 5.32 Å². The van der Waals surface area contributed by atoms with Gasteiger partial charge in [-0.15, -0.1) is 0 Å². The van der Waals surface area contributed by atoms with E-state index in [4.69, 9.17) is 24.2 Å². The molecule has 3 aromatic rings. The van der Waals surface area contributed by atoms with Crippen LogP contribution in [0.4, 0.5) is 5.69 Å². The molecule has 0 spiro atoms. The summed E-state index contributed by atoms with van der Waals surface area (Å²) in [6.45, 7) is -0.0727. The van der Waals surface area contributed by atoms with Gasteiger partial charge in [-0.3, -0.25) is 4.79 Å². The number of carbonyl (C=O) groups is 1. The number of para-hydroxylation sites is 2. The molecule has 3 rings (SSSR count). The van der Waals surface area contributed by atoms with Gasteiger partial charge in [0.25, 0.3) is 0 Å². The minimum Gasteiger partial charge on any atom is -0.493 e. The van der Waals surface area contributed by atoms with E-state index in [0.717, 1.165) is 5.56 Å². The lowest BCUT2D eigenvalue weighted by molar-refractivity contribution is -0.111. The summed E-state index contributed by atoms with van der Waals surface area (Å²) in [6.07, 6.45) is 3.08. The number of benzene rings is 3. The Morgan fingerprint density at radius 3 is 2.34 bits per heavy atom. The van der Waals surface area contributed by atoms with Crippen molar-refractivity contribution in [3.8, 4) is 34.8 Å². The quantitative estimate of drug-likeness (QED) is 0.478. The topological polar surface area (TPSA) is 89.8 Å². The number of nitrogens with one attached hydrogen (secondary N) is 1. The van der Waals surface area contributed by atoms with Gasteiger partial charge in [0.1, 0.15) is 11.8 Å². The molecule has 0 fully saturated rings. The Morgan fingerprint density at radius 1 is 0.938 bits per heavy atom. The van der Waals surface area contributed by atoms with E-state index in [-0.39, 0.29) is 12.5 Å². The van der Waals surface area contributed by atoms with Crippen LogP contribution < -0.4 is 24.3 Å². The Labute approximate surface area is 186 Å². The second-order valence-electron chi connectivity index (χ2n) is 6.46. The summed E-state index contributed by atoms with van der Waals surface area (Å²) in [5.74, 6) is 2.52. The third-order valence-electron chi connectivity index (χ3n) is 4.33. The van der Waals surface area contributed by atoms with Gasteiger partial charge in [0, 0.05) is 11.8 Å². The highest BCUT2D eigenvalue weighted by atomic mass is 16.5. The third-order valence-corrected chi connectivity index (χ3v) is 4.33. The van der Waals surface area contributed by atoms with Crippen LogP contribution >= 0.6 is 0 Å². The predicted octanol–water partition coefficient (Wildman–Crippen LogP) is 5.05. The van der Waals surface area contributed by atoms with Crippen LogP contribution in [0.2, 0.25) is 0 Å². The molecular formula is C25H22N2O5. The van der Waals surface area contributed by atoms with Crippen LogP contribution in [0.3, 0.4) is 0 Å². The van der Waals surface area contributed by atoms with Crippen molar-refractivity contribution in [3.05, 3.63) is 78.4 Å². The van der Waals surface area contributed by atoms with Gasteiger partial charge in [0.2, 0.25) is 5.91 Å². The van der Waals surface area contributed by atoms with Crippen molar-refractivity contribution in [1.82, 2.24) is 0 Å². The summed E-state index contributed by atoms with van der Waals surface area (Å²) < 4.78 is 21.7. The summed E-state index contributed by atoms with van der Waals surface area (Å²) >= 11 is 0. The minimum absolute atomic E-state index is 0.0727. The normalized spacial score (nSPS) is 10.3. The summed E-state index contributed by atoms with van der Waals surface area (Å²) in [5, 5.41) is 11.4. The zero-order valence-corrected chi connectivity index (χ0v) is 17.7. The molecule has 0 heterocycles. The van der Waals surface area contributed by atoms with Gasteiger partial charge in [-0.05, 0) is 60.2 Å². The zero-order chi connectivity index (χ0) is 22.8. The van der Waals surface area contributed by atoms with E-state index in [0.29, 0.717) is 34.4 Å². The monoisotopic (exact) mass is 430 g/mol. The van der Waals surface area contributed by atoms with Gasteiger partial charge >= 0.3 is 0 Å². The molecule has 1 amide bonds. The van der Waals surface area contributed by atoms with Crippen LogP contribution in [0.25, 0.3) is 6.08 Å². The van der Waals surface area contributed by atoms with Crippen LogP contribution in [0.1, 0.15) is 5.56 Å². The maximum absolute atomic E-state index is 12.3. The lowest BCUT2D eigenvalue weighted by atomic mass is 10.2. The number of anilines is 1. The fraction of sp³-hybridized carbons (Fsp3) is 0.120. The van der Waals surface area contributed by atoms with Gasteiger partial charge in [0.15, 0.2) is 29.6 Å². The molecule has 3 aromatic carbocycles.